The third-order valence-electron chi connectivity index (χ3n) is 2.85. The molecule has 1 aromatic heterocycles. The Morgan fingerprint density at radius 1 is 1.59 bits per heavy atom. The number of H-pyrrole nitrogens is 1. The molecule has 1 fully saturated rings. The van der Waals surface area contributed by atoms with Crippen LogP contribution in [0.25, 0.3) is 0 Å². The minimum atomic E-state index is 0.133. The Kier molecular flexibility index (Phi) is 4.04. The average molecular weight is 254 g/mol. The Balaban J connectivity index is 1.90. The maximum Gasteiger partial charge on any atom is 0.235 e. The summed E-state index contributed by atoms with van der Waals surface area (Å²) in [6.45, 7) is 2.34. The molecule has 0 radical (unpaired) electrons. The molecular weight excluding hydrogens is 236 g/mol. The molecule has 94 valence electrons. The number of carbonyl (C=O) groups excluding carboxylic acids is 1. The van der Waals surface area contributed by atoms with Crippen molar-refractivity contribution in [3.05, 3.63) is 11.6 Å². The van der Waals surface area contributed by atoms with E-state index >= 15 is 0 Å². The van der Waals surface area contributed by atoms with Crippen LogP contribution in [-0.4, -0.2) is 44.0 Å². The number of amides is 1. The zero-order valence-corrected chi connectivity index (χ0v) is 11.1. The number of hydrogen-bond acceptors (Lipinski definition) is 4. The SMILES string of the molecule is Cc1nc(CN(C)C(=O)C2CCCCS2)n[nH]1. The Morgan fingerprint density at radius 3 is 3.00 bits per heavy atom. The van der Waals surface area contributed by atoms with Gasteiger partial charge in [-0.1, -0.05) is 6.42 Å². The molecule has 1 aliphatic rings. The monoisotopic (exact) mass is 254 g/mol. The summed E-state index contributed by atoms with van der Waals surface area (Å²) < 4.78 is 0. The van der Waals surface area contributed by atoms with Crippen molar-refractivity contribution in [3.8, 4) is 0 Å². The fourth-order valence-electron chi connectivity index (χ4n) is 1.93. The predicted octanol–water partition coefficient (Wildman–Crippen LogP) is 1.36. The number of carbonyl (C=O) groups is 1. The van der Waals surface area contributed by atoms with E-state index in [4.69, 9.17) is 0 Å². The maximum atomic E-state index is 12.1. The summed E-state index contributed by atoms with van der Waals surface area (Å²) >= 11 is 1.78. The molecular formula is C11H18N4OS. The van der Waals surface area contributed by atoms with Crippen LogP contribution >= 0.6 is 11.8 Å². The van der Waals surface area contributed by atoms with Gasteiger partial charge in [-0.25, -0.2) is 4.98 Å². The van der Waals surface area contributed by atoms with Crippen LogP contribution < -0.4 is 0 Å². The number of aryl methyl sites for hydroxylation is 1. The van der Waals surface area contributed by atoms with Crippen molar-refractivity contribution in [3.63, 3.8) is 0 Å². The zero-order valence-electron chi connectivity index (χ0n) is 10.3. The minimum Gasteiger partial charge on any atom is -0.337 e. The number of rotatable bonds is 3. The van der Waals surface area contributed by atoms with Crippen LogP contribution in [0.5, 0.6) is 0 Å². The largest absolute Gasteiger partial charge is 0.337 e. The smallest absolute Gasteiger partial charge is 0.235 e. The number of hydrogen-bond donors (Lipinski definition) is 1. The van der Waals surface area contributed by atoms with Gasteiger partial charge >= 0.3 is 0 Å². The van der Waals surface area contributed by atoms with Gasteiger partial charge in [0.2, 0.25) is 5.91 Å². The number of nitrogens with one attached hydrogen (secondary N) is 1. The van der Waals surface area contributed by atoms with Crippen molar-refractivity contribution in [2.24, 2.45) is 0 Å². The maximum absolute atomic E-state index is 12.1. The summed E-state index contributed by atoms with van der Waals surface area (Å²) in [5.74, 6) is 2.77. The van der Waals surface area contributed by atoms with Crippen molar-refractivity contribution in [2.75, 3.05) is 12.8 Å². The van der Waals surface area contributed by atoms with E-state index in [0.29, 0.717) is 12.4 Å². The molecule has 0 bridgehead atoms. The van der Waals surface area contributed by atoms with E-state index in [-0.39, 0.29) is 11.2 Å². The van der Waals surface area contributed by atoms with Gasteiger partial charge in [0.25, 0.3) is 0 Å². The first kappa shape index (κ1) is 12.4. The van der Waals surface area contributed by atoms with Crippen molar-refractivity contribution in [1.29, 1.82) is 0 Å². The van der Waals surface area contributed by atoms with E-state index in [0.717, 1.165) is 24.4 Å². The predicted molar refractivity (Wildman–Crippen MR) is 67.7 cm³/mol. The highest BCUT2D eigenvalue weighted by Gasteiger charge is 2.25. The molecule has 1 unspecified atom stereocenters. The molecule has 1 saturated heterocycles. The van der Waals surface area contributed by atoms with Gasteiger partial charge in [0.05, 0.1) is 11.8 Å². The van der Waals surface area contributed by atoms with Crippen molar-refractivity contribution < 1.29 is 4.79 Å². The lowest BCUT2D eigenvalue weighted by Gasteiger charge is -2.25. The van der Waals surface area contributed by atoms with Gasteiger partial charge in [-0.3, -0.25) is 9.89 Å². The minimum absolute atomic E-state index is 0.133. The summed E-state index contributed by atoms with van der Waals surface area (Å²) in [5.41, 5.74) is 0. The highest BCUT2D eigenvalue weighted by atomic mass is 32.2. The fourth-order valence-corrected chi connectivity index (χ4v) is 3.24. The van der Waals surface area contributed by atoms with E-state index in [1.54, 1.807) is 16.7 Å². The first-order valence-electron chi connectivity index (χ1n) is 5.91. The van der Waals surface area contributed by atoms with Crippen LogP contribution in [0.1, 0.15) is 30.9 Å². The van der Waals surface area contributed by atoms with E-state index in [1.807, 2.05) is 14.0 Å². The summed E-state index contributed by atoms with van der Waals surface area (Å²) in [6, 6.07) is 0. The Bertz CT molecular complexity index is 387. The molecule has 1 amide bonds. The van der Waals surface area contributed by atoms with Crippen LogP contribution in [0.2, 0.25) is 0 Å². The molecule has 2 heterocycles. The summed E-state index contributed by atoms with van der Waals surface area (Å²) in [4.78, 5) is 18.1. The first-order chi connectivity index (χ1) is 8.16. The number of thioether (sulfide) groups is 1. The average Bonchev–Trinajstić information content (AvgIpc) is 2.75. The van der Waals surface area contributed by atoms with E-state index in [2.05, 4.69) is 15.2 Å². The van der Waals surface area contributed by atoms with Crippen LogP contribution in [-0.2, 0) is 11.3 Å². The van der Waals surface area contributed by atoms with E-state index in [1.165, 1.54) is 6.42 Å². The lowest BCUT2D eigenvalue weighted by atomic mass is 10.1. The molecule has 1 aromatic rings. The lowest BCUT2D eigenvalue weighted by molar-refractivity contribution is -0.130. The number of aromatic amines is 1. The van der Waals surface area contributed by atoms with Crippen LogP contribution in [0.15, 0.2) is 0 Å². The molecule has 1 N–H and O–H groups in total. The Labute approximate surface area is 105 Å². The molecule has 0 spiro atoms. The summed E-state index contributed by atoms with van der Waals surface area (Å²) in [5, 5.41) is 6.97. The van der Waals surface area contributed by atoms with Crippen LogP contribution in [0.3, 0.4) is 0 Å². The second kappa shape index (κ2) is 5.53. The van der Waals surface area contributed by atoms with Gasteiger partial charge in [-0.15, -0.1) is 11.8 Å². The fraction of sp³-hybridized carbons (Fsp3) is 0.727. The molecule has 1 atom stereocenters. The second-order valence-electron chi connectivity index (χ2n) is 4.39. The standard InChI is InChI=1S/C11H18N4OS/c1-8-12-10(14-13-8)7-15(2)11(16)9-5-3-4-6-17-9/h9H,3-7H2,1-2H3,(H,12,13,14). The molecule has 0 aliphatic carbocycles. The van der Waals surface area contributed by atoms with Gasteiger partial charge in [0, 0.05) is 7.05 Å². The Hall–Kier alpha value is -1.04. The molecule has 0 aromatic carbocycles. The Morgan fingerprint density at radius 2 is 2.41 bits per heavy atom. The molecule has 6 heteroatoms. The highest BCUT2D eigenvalue weighted by molar-refractivity contribution is 8.00. The first-order valence-corrected chi connectivity index (χ1v) is 6.96. The van der Waals surface area contributed by atoms with Crippen molar-refractivity contribution in [1.82, 2.24) is 20.1 Å². The summed E-state index contributed by atoms with van der Waals surface area (Å²) in [7, 11) is 1.82. The second-order valence-corrected chi connectivity index (χ2v) is 5.70. The zero-order chi connectivity index (χ0) is 12.3. The van der Waals surface area contributed by atoms with Gasteiger partial charge in [0.1, 0.15) is 5.82 Å². The highest BCUT2D eigenvalue weighted by Crippen LogP contribution is 2.26. The van der Waals surface area contributed by atoms with E-state index in [9.17, 15) is 4.79 Å². The van der Waals surface area contributed by atoms with Gasteiger partial charge in [-0.05, 0) is 25.5 Å². The number of nitrogens with zero attached hydrogens (tertiary/aromatic N) is 3. The van der Waals surface area contributed by atoms with Gasteiger partial charge in [-0.2, -0.15) is 5.10 Å². The topological polar surface area (TPSA) is 61.9 Å². The molecule has 0 saturated carbocycles. The lowest BCUT2D eigenvalue weighted by Crippen LogP contribution is -2.35. The van der Waals surface area contributed by atoms with Crippen molar-refractivity contribution in [2.45, 2.75) is 38.0 Å². The normalized spacial score (nSPS) is 20.2. The number of aromatic nitrogens is 3. The molecule has 17 heavy (non-hydrogen) atoms. The van der Waals surface area contributed by atoms with Crippen molar-refractivity contribution >= 4 is 17.7 Å². The quantitative estimate of drug-likeness (QED) is 0.884. The van der Waals surface area contributed by atoms with Gasteiger partial charge < -0.3 is 4.90 Å². The van der Waals surface area contributed by atoms with Gasteiger partial charge in [0.15, 0.2) is 5.82 Å². The molecule has 5 nitrogen and oxygen atoms in total. The summed E-state index contributed by atoms with van der Waals surface area (Å²) in [6.07, 6.45) is 3.40. The molecule has 2 rings (SSSR count). The van der Waals surface area contributed by atoms with Crippen LogP contribution in [0.4, 0.5) is 0 Å². The third-order valence-corrected chi connectivity index (χ3v) is 4.22. The molecule has 1 aliphatic heterocycles. The van der Waals surface area contributed by atoms with Crippen LogP contribution in [0, 0.1) is 6.92 Å². The van der Waals surface area contributed by atoms with E-state index < -0.39 is 0 Å². The third kappa shape index (κ3) is 3.21.